The Bertz CT molecular complexity index is 2010. The number of fused-ring (bicyclic) bond motifs is 2. The summed E-state index contributed by atoms with van der Waals surface area (Å²) in [5.41, 5.74) is 4.87. The predicted molar refractivity (Wildman–Crippen MR) is 204 cm³/mol. The van der Waals surface area contributed by atoms with Gasteiger partial charge in [-0.3, -0.25) is 14.1 Å². The van der Waals surface area contributed by atoms with E-state index in [0.29, 0.717) is 51.4 Å². The maximum absolute atomic E-state index is 14.8. The van der Waals surface area contributed by atoms with Crippen molar-refractivity contribution in [3.63, 3.8) is 0 Å². The number of hydrogen-bond acceptors (Lipinski definition) is 7. The lowest BCUT2D eigenvalue weighted by molar-refractivity contribution is 0.0764. The SMILES string of the molecule is CCN(c1c2c(c(O[Si](C(C)C)(C(C)C)C(C)C)c3ncc(Cc4ccc(F)cc4)cc13)C(=O)N(Cc1ccc(OC)cc1OC)C2)S(C)(=O)=O. The molecule has 0 fully saturated rings. The minimum absolute atomic E-state index is 0.145. The molecular formula is C39H50FN3O6SSi. The monoisotopic (exact) mass is 735 g/mol. The number of anilines is 1. The van der Waals surface area contributed by atoms with Gasteiger partial charge >= 0.3 is 0 Å². The average Bonchev–Trinajstić information content (AvgIpc) is 3.39. The Morgan fingerprint density at radius 1 is 0.941 bits per heavy atom. The molecular weight excluding hydrogens is 686 g/mol. The number of rotatable bonds is 14. The van der Waals surface area contributed by atoms with E-state index in [1.54, 1.807) is 50.4 Å². The summed E-state index contributed by atoms with van der Waals surface area (Å²) in [6.45, 7) is 15.4. The summed E-state index contributed by atoms with van der Waals surface area (Å²) in [5, 5.41) is 0.589. The van der Waals surface area contributed by atoms with Crippen LogP contribution in [0.3, 0.4) is 0 Å². The van der Waals surface area contributed by atoms with Crippen molar-refractivity contribution in [1.82, 2.24) is 9.88 Å². The molecule has 0 saturated heterocycles. The van der Waals surface area contributed by atoms with Crippen LogP contribution in [0.25, 0.3) is 10.9 Å². The maximum Gasteiger partial charge on any atom is 0.258 e. The van der Waals surface area contributed by atoms with Gasteiger partial charge in [-0.15, -0.1) is 0 Å². The molecule has 274 valence electrons. The van der Waals surface area contributed by atoms with Crippen LogP contribution in [0.1, 0.15) is 81.1 Å². The molecule has 0 bridgehead atoms. The fourth-order valence-electron chi connectivity index (χ4n) is 7.93. The van der Waals surface area contributed by atoms with E-state index in [9.17, 15) is 17.6 Å². The number of nitrogens with zero attached hydrogens (tertiary/aromatic N) is 3. The van der Waals surface area contributed by atoms with Crippen LogP contribution in [0.2, 0.25) is 16.6 Å². The zero-order valence-electron chi connectivity index (χ0n) is 31.3. The van der Waals surface area contributed by atoms with E-state index in [0.717, 1.165) is 16.7 Å². The number of hydrogen-bond donors (Lipinski definition) is 0. The summed E-state index contributed by atoms with van der Waals surface area (Å²) in [4.78, 5) is 21.5. The van der Waals surface area contributed by atoms with Gasteiger partial charge < -0.3 is 18.8 Å². The summed E-state index contributed by atoms with van der Waals surface area (Å²) in [7, 11) is -3.30. The van der Waals surface area contributed by atoms with E-state index in [1.165, 1.54) is 22.7 Å². The molecule has 5 rings (SSSR count). The van der Waals surface area contributed by atoms with Crippen LogP contribution in [0, 0.1) is 5.82 Å². The Morgan fingerprint density at radius 2 is 1.59 bits per heavy atom. The summed E-state index contributed by atoms with van der Waals surface area (Å²) in [5.74, 6) is 1.03. The third kappa shape index (κ3) is 7.17. The van der Waals surface area contributed by atoms with E-state index >= 15 is 0 Å². The van der Waals surface area contributed by atoms with Crippen molar-refractivity contribution in [2.75, 3.05) is 31.3 Å². The first-order valence-electron chi connectivity index (χ1n) is 17.5. The first kappa shape index (κ1) is 38.1. The minimum Gasteiger partial charge on any atom is -0.541 e. The molecule has 1 aliphatic rings. The highest BCUT2D eigenvalue weighted by molar-refractivity contribution is 7.92. The molecule has 1 aromatic heterocycles. The molecule has 0 N–H and O–H groups in total. The number of methoxy groups -OCH3 is 2. The normalized spacial score (nSPS) is 13.5. The van der Waals surface area contributed by atoms with Crippen LogP contribution in [0.15, 0.2) is 54.7 Å². The highest BCUT2D eigenvalue weighted by Gasteiger charge is 2.49. The summed E-state index contributed by atoms with van der Waals surface area (Å²) >= 11 is 0. The van der Waals surface area contributed by atoms with Gasteiger partial charge in [-0.25, -0.2) is 12.8 Å². The fourth-order valence-corrected chi connectivity index (χ4v) is 14.2. The molecule has 51 heavy (non-hydrogen) atoms. The third-order valence-corrected chi connectivity index (χ3v) is 17.4. The van der Waals surface area contributed by atoms with E-state index in [4.69, 9.17) is 18.9 Å². The van der Waals surface area contributed by atoms with Crippen LogP contribution in [0.5, 0.6) is 17.2 Å². The highest BCUT2D eigenvalue weighted by Crippen LogP contribution is 2.50. The second-order valence-electron chi connectivity index (χ2n) is 14.3. The number of carbonyl (C=O) groups excluding carboxylic acids is 1. The van der Waals surface area contributed by atoms with Crippen molar-refractivity contribution in [3.8, 4) is 17.2 Å². The molecule has 0 aliphatic carbocycles. The molecule has 0 radical (unpaired) electrons. The minimum atomic E-state index is -3.79. The Labute approximate surface area is 302 Å². The number of halogens is 1. The molecule has 0 unspecified atom stereocenters. The summed E-state index contributed by atoms with van der Waals surface area (Å²) in [6.07, 6.45) is 3.38. The first-order chi connectivity index (χ1) is 24.1. The van der Waals surface area contributed by atoms with E-state index in [1.807, 2.05) is 18.2 Å². The number of carbonyl (C=O) groups is 1. The Kier molecular flexibility index (Phi) is 11.1. The third-order valence-electron chi connectivity index (χ3n) is 10.2. The molecule has 4 aromatic rings. The quantitative estimate of drug-likeness (QED) is 0.120. The van der Waals surface area contributed by atoms with Gasteiger partial charge in [0.15, 0.2) is 0 Å². The second kappa shape index (κ2) is 14.8. The van der Waals surface area contributed by atoms with Crippen molar-refractivity contribution in [2.45, 2.75) is 84.6 Å². The van der Waals surface area contributed by atoms with Gasteiger partial charge in [0, 0.05) is 48.4 Å². The van der Waals surface area contributed by atoms with Crippen molar-refractivity contribution < 1.29 is 31.5 Å². The molecule has 1 amide bonds. The Balaban J connectivity index is 1.82. The molecule has 12 heteroatoms. The van der Waals surface area contributed by atoms with Crippen LogP contribution < -0.4 is 18.2 Å². The van der Waals surface area contributed by atoms with E-state index in [-0.39, 0.29) is 48.0 Å². The standard InChI is InChI=1S/C39H50FN3O6SSi/c1-11-43(50(10,45)46)37-32-19-28(18-27-12-15-30(40)16-13-27)21-41-36(32)38(49-51(24(2)3,25(4)5)26(6)7)35-33(37)23-42(39(35)44)22-29-14-17-31(47-8)20-34(29)48-9/h12-17,19-21,24-26H,11,18,22-23H2,1-10H3. The number of ether oxygens (including phenoxy) is 2. The fraction of sp³-hybridized carbons (Fsp3) is 0.436. The van der Waals surface area contributed by atoms with Crippen LogP contribution >= 0.6 is 0 Å². The van der Waals surface area contributed by atoms with Gasteiger partial charge in [0.1, 0.15) is 28.6 Å². The highest BCUT2D eigenvalue weighted by atomic mass is 32.2. The maximum atomic E-state index is 14.8. The smallest absolute Gasteiger partial charge is 0.258 e. The Hall–Kier alpha value is -4.16. The van der Waals surface area contributed by atoms with Gasteiger partial charge in [0.05, 0.1) is 31.7 Å². The lowest BCUT2D eigenvalue weighted by Crippen LogP contribution is -2.51. The van der Waals surface area contributed by atoms with Gasteiger partial charge in [0.2, 0.25) is 10.0 Å². The predicted octanol–water partition coefficient (Wildman–Crippen LogP) is 8.48. The van der Waals surface area contributed by atoms with Crippen molar-refractivity contribution in [2.24, 2.45) is 0 Å². The van der Waals surface area contributed by atoms with Gasteiger partial charge in [0.25, 0.3) is 14.2 Å². The molecule has 0 atom stereocenters. The Morgan fingerprint density at radius 3 is 2.14 bits per heavy atom. The van der Waals surface area contributed by atoms with E-state index < -0.39 is 18.3 Å². The topological polar surface area (TPSA) is 98.3 Å². The average molecular weight is 736 g/mol. The molecule has 9 nitrogen and oxygen atoms in total. The number of sulfonamides is 1. The van der Waals surface area contributed by atoms with Crippen molar-refractivity contribution in [1.29, 1.82) is 0 Å². The largest absolute Gasteiger partial charge is 0.541 e. The molecule has 1 aliphatic heterocycles. The first-order valence-corrected chi connectivity index (χ1v) is 21.4. The zero-order chi connectivity index (χ0) is 37.4. The molecule has 0 spiro atoms. The van der Waals surface area contributed by atoms with Crippen molar-refractivity contribution in [3.05, 3.63) is 88.4 Å². The van der Waals surface area contributed by atoms with Crippen LogP contribution in [-0.4, -0.2) is 59.5 Å². The van der Waals surface area contributed by atoms with Crippen LogP contribution in [-0.2, 0) is 29.5 Å². The van der Waals surface area contributed by atoms with E-state index in [2.05, 4.69) is 41.5 Å². The van der Waals surface area contributed by atoms with Crippen molar-refractivity contribution >= 4 is 40.8 Å². The zero-order valence-corrected chi connectivity index (χ0v) is 33.2. The molecule has 3 aromatic carbocycles. The molecule has 0 saturated carbocycles. The second-order valence-corrected chi connectivity index (χ2v) is 21.5. The van der Waals surface area contributed by atoms with Gasteiger partial charge in [-0.05, 0) is 71.4 Å². The van der Waals surface area contributed by atoms with Gasteiger partial charge in [-0.1, -0.05) is 53.7 Å². The van der Waals surface area contributed by atoms with Gasteiger partial charge in [-0.2, -0.15) is 0 Å². The van der Waals surface area contributed by atoms with Crippen LogP contribution in [0.4, 0.5) is 10.1 Å². The summed E-state index contributed by atoms with van der Waals surface area (Å²) < 4.78 is 60.6. The lowest BCUT2D eigenvalue weighted by atomic mass is 9.98. The number of amides is 1. The number of pyridine rings is 1. The lowest BCUT2D eigenvalue weighted by Gasteiger charge is -2.42. The number of benzene rings is 3. The summed E-state index contributed by atoms with van der Waals surface area (Å²) in [6, 6.07) is 13.7. The number of aromatic nitrogens is 1. The molecule has 2 heterocycles.